The van der Waals surface area contributed by atoms with Crippen LogP contribution in [0.15, 0.2) is 52.4 Å². The molecule has 1 unspecified atom stereocenters. The number of anilines is 1. The van der Waals surface area contributed by atoms with Crippen molar-refractivity contribution >= 4 is 23.1 Å². The minimum Gasteiger partial charge on any atom is -0.315 e. The Hall–Kier alpha value is -3.02. The first-order valence-electron chi connectivity index (χ1n) is 9.75. The summed E-state index contributed by atoms with van der Waals surface area (Å²) in [6, 6.07) is 11.8. The van der Waals surface area contributed by atoms with Crippen LogP contribution in [0, 0.1) is 5.41 Å². The van der Waals surface area contributed by atoms with Gasteiger partial charge in [-0.1, -0.05) is 26.0 Å². The molecule has 0 radical (unpaired) electrons. The predicted octanol–water partition coefficient (Wildman–Crippen LogP) is 3.35. The first-order valence-corrected chi connectivity index (χ1v) is 9.75. The molecule has 6 heteroatoms. The lowest BCUT2D eigenvalue weighted by Gasteiger charge is -2.31. The second kappa shape index (κ2) is 6.26. The number of hydrogen-bond donors (Lipinski definition) is 0. The Morgan fingerprint density at radius 2 is 2.07 bits per heavy atom. The van der Waals surface area contributed by atoms with Crippen molar-refractivity contribution in [1.82, 2.24) is 14.5 Å². The summed E-state index contributed by atoms with van der Waals surface area (Å²) in [6.45, 7) is 5.89. The van der Waals surface area contributed by atoms with Crippen LogP contribution in [0.2, 0.25) is 0 Å². The maximum atomic E-state index is 13.0. The third-order valence-corrected chi connectivity index (χ3v) is 5.75. The number of aliphatic imine (C=N–C) groups is 1. The molecule has 0 spiro atoms. The number of aromatic nitrogens is 3. The van der Waals surface area contributed by atoms with Crippen molar-refractivity contribution in [2.75, 3.05) is 11.4 Å². The van der Waals surface area contributed by atoms with Gasteiger partial charge in [0.15, 0.2) is 0 Å². The summed E-state index contributed by atoms with van der Waals surface area (Å²) in [5, 5.41) is 0.689. The predicted molar refractivity (Wildman–Crippen MR) is 111 cm³/mol. The normalized spacial score (nSPS) is 20.5. The largest absolute Gasteiger partial charge is 0.315 e. The molecular formula is C22H23N5O. The van der Waals surface area contributed by atoms with Gasteiger partial charge in [0.1, 0.15) is 11.6 Å². The summed E-state index contributed by atoms with van der Waals surface area (Å²) in [6.07, 6.45) is 5.52. The quantitative estimate of drug-likeness (QED) is 0.691. The molecule has 2 aliphatic rings. The van der Waals surface area contributed by atoms with Gasteiger partial charge < -0.3 is 4.90 Å². The van der Waals surface area contributed by atoms with E-state index in [1.54, 1.807) is 6.20 Å². The summed E-state index contributed by atoms with van der Waals surface area (Å²) >= 11 is 0. The van der Waals surface area contributed by atoms with E-state index in [0.29, 0.717) is 5.39 Å². The maximum Gasteiger partial charge on any atom is 0.261 e. The molecule has 6 nitrogen and oxygen atoms in total. The molecule has 2 aromatic heterocycles. The summed E-state index contributed by atoms with van der Waals surface area (Å²) in [5.41, 5.74) is 2.07. The van der Waals surface area contributed by atoms with E-state index >= 15 is 0 Å². The SMILES string of the molecule is CC1(C)CCc2nc3cc(C4CN(c5ccccn5)C=N4)ccc3c(=O)n2C1. The van der Waals surface area contributed by atoms with Gasteiger partial charge in [0, 0.05) is 19.2 Å². The second-order valence-electron chi connectivity index (χ2n) is 8.48. The van der Waals surface area contributed by atoms with Crippen molar-refractivity contribution in [3.63, 3.8) is 0 Å². The van der Waals surface area contributed by atoms with Crippen LogP contribution in [0.1, 0.15) is 37.7 Å². The molecule has 5 rings (SSSR count). The monoisotopic (exact) mass is 373 g/mol. The van der Waals surface area contributed by atoms with Crippen LogP contribution >= 0.6 is 0 Å². The lowest BCUT2D eigenvalue weighted by molar-refractivity contribution is 0.240. The zero-order valence-corrected chi connectivity index (χ0v) is 16.2. The standard InChI is InChI=1S/C22H23N5O/c1-22(2)9-8-20-25-17-11-15(6-7-16(17)21(28)27(20)13-22)18-12-26(14-24-18)19-5-3-4-10-23-19/h3-7,10-11,14,18H,8-9,12-13H2,1-2H3. The summed E-state index contributed by atoms with van der Waals surface area (Å²) in [5.74, 6) is 1.79. The zero-order valence-electron chi connectivity index (χ0n) is 16.2. The van der Waals surface area contributed by atoms with Gasteiger partial charge in [-0.2, -0.15) is 0 Å². The number of aryl methyl sites for hydroxylation is 1. The Morgan fingerprint density at radius 3 is 2.89 bits per heavy atom. The van der Waals surface area contributed by atoms with Crippen LogP contribution in [0.25, 0.3) is 10.9 Å². The molecule has 28 heavy (non-hydrogen) atoms. The molecule has 0 saturated carbocycles. The van der Waals surface area contributed by atoms with Gasteiger partial charge in [-0.25, -0.2) is 9.97 Å². The van der Waals surface area contributed by atoms with E-state index in [0.717, 1.165) is 48.7 Å². The van der Waals surface area contributed by atoms with Gasteiger partial charge >= 0.3 is 0 Å². The molecule has 2 aliphatic heterocycles. The number of nitrogens with zero attached hydrogens (tertiary/aromatic N) is 5. The molecule has 4 heterocycles. The van der Waals surface area contributed by atoms with E-state index in [2.05, 4.69) is 23.8 Å². The number of fused-ring (bicyclic) bond motifs is 2. The van der Waals surface area contributed by atoms with E-state index in [4.69, 9.17) is 4.98 Å². The highest BCUT2D eigenvalue weighted by molar-refractivity contribution is 5.81. The van der Waals surface area contributed by atoms with Gasteiger partial charge in [-0.05, 0) is 41.7 Å². The molecule has 3 aromatic rings. The van der Waals surface area contributed by atoms with E-state index in [9.17, 15) is 4.79 Å². The summed E-state index contributed by atoms with van der Waals surface area (Å²) < 4.78 is 1.86. The van der Waals surface area contributed by atoms with Gasteiger partial charge in [0.2, 0.25) is 0 Å². The second-order valence-corrected chi connectivity index (χ2v) is 8.48. The minimum absolute atomic E-state index is 0.0194. The van der Waals surface area contributed by atoms with Crippen molar-refractivity contribution < 1.29 is 0 Å². The van der Waals surface area contributed by atoms with Crippen molar-refractivity contribution in [2.24, 2.45) is 10.4 Å². The van der Waals surface area contributed by atoms with Crippen molar-refractivity contribution in [2.45, 2.75) is 39.3 Å². The van der Waals surface area contributed by atoms with E-state index in [1.807, 2.05) is 52.2 Å². The Bertz CT molecular complexity index is 1130. The molecule has 0 amide bonds. The zero-order chi connectivity index (χ0) is 19.3. The van der Waals surface area contributed by atoms with Gasteiger partial charge in [-0.15, -0.1) is 0 Å². The molecule has 0 bridgehead atoms. The van der Waals surface area contributed by atoms with Crippen LogP contribution in [0.3, 0.4) is 0 Å². The summed E-state index contributed by atoms with van der Waals surface area (Å²) in [4.78, 5) is 28.9. The van der Waals surface area contributed by atoms with Crippen molar-refractivity contribution in [3.8, 4) is 0 Å². The Balaban J connectivity index is 1.48. The molecule has 1 aromatic carbocycles. The van der Waals surface area contributed by atoms with E-state index in [-0.39, 0.29) is 17.0 Å². The topological polar surface area (TPSA) is 63.4 Å². The smallest absolute Gasteiger partial charge is 0.261 e. The highest BCUT2D eigenvalue weighted by Crippen LogP contribution is 2.31. The third-order valence-electron chi connectivity index (χ3n) is 5.75. The van der Waals surface area contributed by atoms with Crippen LogP contribution in [0.5, 0.6) is 0 Å². The van der Waals surface area contributed by atoms with Crippen LogP contribution < -0.4 is 10.5 Å². The van der Waals surface area contributed by atoms with Crippen LogP contribution in [-0.2, 0) is 13.0 Å². The fraction of sp³-hybridized carbons (Fsp3) is 0.364. The van der Waals surface area contributed by atoms with E-state index < -0.39 is 0 Å². The Kier molecular flexibility index (Phi) is 3.82. The average Bonchev–Trinajstić information content (AvgIpc) is 3.19. The minimum atomic E-state index is 0.0194. The van der Waals surface area contributed by atoms with Crippen LogP contribution in [-0.4, -0.2) is 27.4 Å². The number of hydrogen-bond acceptors (Lipinski definition) is 5. The van der Waals surface area contributed by atoms with Crippen molar-refractivity contribution in [3.05, 3.63) is 64.3 Å². The van der Waals surface area contributed by atoms with E-state index in [1.165, 1.54) is 0 Å². The molecule has 0 saturated heterocycles. The number of pyridine rings is 1. The molecule has 1 atom stereocenters. The lowest BCUT2D eigenvalue weighted by Crippen LogP contribution is -2.36. The highest BCUT2D eigenvalue weighted by atomic mass is 16.1. The van der Waals surface area contributed by atoms with Gasteiger partial charge in [0.05, 0.1) is 29.8 Å². The summed E-state index contributed by atoms with van der Waals surface area (Å²) in [7, 11) is 0. The molecule has 0 fully saturated rings. The average molecular weight is 373 g/mol. The van der Waals surface area contributed by atoms with Gasteiger partial charge in [0.25, 0.3) is 5.56 Å². The van der Waals surface area contributed by atoms with Crippen LogP contribution in [0.4, 0.5) is 5.82 Å². The fourth-order valence-corrected chi connectivity index (χ4v) is 4.11. The fourth-order valence-electron chi connectivity index (χ4n) is 4.11. The molecule has 142 valence electrons. The first-order chi connectivity index (χ1) is 13.5. The molecule has 0 N–H and O–H groups in total. The third kappa shape index (κ3) is 2.89. The Labute approximate surface area is 163 Å². The Morgan fingerprint density at radius 1 is 1.18 bits per heavy atom. The number of benzene rings is 1. The molecular weight excluding hydrogens is 350 g/mol. The maximum absolute atomic E-state index is 13.0. The lowest BCUT2D eigenvalue weighted by atomic mass is 9.85. The van der Waals surface area contributed by atoms with Crippen molar-refractivity contribution in [1.29, 1.82) is 0 Å². The van der Waals surface area contributed by atoms with Gasteiger partial charge in [-0.3, -0.25) is 14.4 Å². The number of rotatable bonds is 2. The highest BCUT2D eigenvalue weighted by Gasteiger charge is 2.28. The first kappa shape index (κ1) is 17.1. The molecule has 0 aliphatic carbocycles.